The number of nitrogens with one attached hydrogen (secondary N) is 1. The maximum atomic E-state index is 12.7. The van der Waals surface area contributed by atoms with E-state index in [4.69, 9.17) is 0 Å². The third-order valence-corrected chi connectivity index (χ3v) is 4.45. The second kappa shape index (κ2) is 8.34. The zero-order chi connectivity index (χ0) is 19.3. The number of carbonyl (C=O) groups is 3. The van der Waals surface area contributed by atoms with Crippen molar-refractivity contribution in [3.05, 3.63) is 35.9 Å². The van der Waals surface area contributed by atoms with Crippen molar-refractivity contribution >= 4 is 17.8 Å². The second-order valence-electron chi connectivity index (χ2n) is 8.07. The van der Waals surface area contributed by atoms with Crippen molar-refractivity contribution in [3.63, 3.8) is 0 Å². The molecule has 1 fully saturated rings. The Bertz CT molecular complexity index is 652. The summed E-state index contributed by atoms with van der Waals surface area (Å²) in [5.41, 5.74) is 0.685. The molecule has 0 bridgehead atoms. The number of carboxylic acids is 1. The van der Waals surface area contributed by atoms with Gasteiger partial charge < -0.3 is 15.3 Å². The van der Waals surface area contributed by atoms with Crippen LogP contribution in [0.25, 0.3) is 0 Å². The Morgan fingerprint density at radius 2 is 1.88 bits per heavy atom. The molecular weight excluding hydrogens is 332 g/mol. The Balaban J connectivity index is 2.03. The molecule has 1 heterocycles. The molecule has 142 valence electrons. The molecule has 2 amide bonds. The van der Waals surface area contributed by atoms with E-state index in [1.165, 1.54) is 0 Å². The summed E-state index contributed by atoms with van der Waals surface area (Å²) in [6.07, 6.45) is 1.90. The molecule has 1 aromatic carbocycles. The maximum absolute atomic E-state index is 12.7. The standard InChI is InChI=1S/C20H28N2O4/c1-20(2,3)13-17(23)22-11-7-10-16(22)18(24)21-15(19(25)26)12-14-8-5-4-6-9-14/h4-6,8-9,15-16H,7,10-13H2,1-3H3,(H,21,24)(H,25,26). The average molecular weight is 360 g/mol. The zero-order valence-corrected chi connectivity index (χ0v) is 15.7. The van der Waals surface area contributed by atoms with E-state index in [1.54, 1.807) is 4.90 Å². The van der Waals surface area contributed by atoms with E-state index in [0.717, 1.165) is 12.0 Å². The molecule has 0 spiro atoms. The molecule has 0 aromatic heterocycles. The summed E-state index contributed by atoms with van der Waals surface area (Å²) in [7, 11) is 0. The number of likely N-dealkylation sites (tertiary alicyclic amines) is 1. The van der Waals surface area contributed by atoms with Crippen LogP contribution in [-0.2, 0) is 20.8 Å². The summed E-state index contributed by atoms with van der Waals surface area (Å²) < 4.78 is 0. The first-order valence-electron chi connectivity index (χ1n) is 9.04. The molecule has 2 rings (SSSR count). The minimum atomic E-state index is -1.08. The first kappa shape index (κ1) is 19.9. The van der Waals surface area contributed by atoms with E-state index in [-0.39, 0.29) is 23.7 Å². The van der Waals surface area contributed by atoms with E-state index in [0.29, 0.717) is 19.4 Å². The van der Waals surface area contributed by atoms with Crippen LogP contribution in [-0.4, -0.2) is 46.4 Å². The number of nitrogens with zero attached hydrogens (tertiary/aromatic N) is 1. The van der Waals surface area contributed by atoms with E-state index < -0.39 is 18.1 Å². The molecule has 6 nitrogen and oxygen atoms in total. The Morgan fingerprint density at radius 3 is 2.46 bits per heavy atom. The van der Waals surface area contributed by atoms with Gasteiger partial charge in [-0.3, -0.25) is 9.59 Å². The molecule has 6 heteroatoms. The lowest BCUT2D eigenvalue weighted by Gasteiger charge is -2.28. The van der Waals surface area contributed by atoms with E-state index >= 15 is 0 Å². The third kappa shape index (κ3) is 5.58. The topological polar surface area (TPSA) is 86.7 Å². The van der Waals surface area contributed by atoms with E-state index in [2.05, 4.69) is 5.32 Å². The fourth-order valence-electron chi connectivity index (χ4n) is 3.21. The molecular formula is C20H28N2O4. The molecule has 2 atom stereocenters. The SMILES string of the molecule is CC(C)(C)CC(=O)N1CCCC1C(=O)NC(Cc1ccccc1)C(=O)O. The van der Waals surface area contributed by atoms with Gasteiger partial charge in [-0.05, 0) is 23.8 Å². The fraction of sp³-hybridized carbons (Fsp3) is 0.550. The van der Waals surface area contributed by atoms with Gasteiger partial charge in [0.1, 0.15) is 12.1 Å². The molecule has 0 aliphatic carbocycles. The summed E-state index contributed by atoms with van der Waals surface area (Å²) in [6.45, 7) is 6.49. The summed E-state index contributed by atoms with van der Waals surface area (Å²) in [4.78, 5) is 38.3. The van der Waals surface area contributed by atoms with Crippen LogP contribution in [0.15, 0.2) is 30.3 Å². The highest BCUT2D eigenvalue weighted by atomic mass is 16.4. The van der Waals surface area contributed by atoms with Crippen LogP contribution in [0.1, 0.15) is 45.6 Å². The van der Waals surface area contributed by atoms with E-state index in [1.807, 2.05) is 51.1 Å². The van der Waals surface area contributed by atoms with Gasteiger partial charge in [0.05, 0.1) is 0 Å². The number of hydrogen-bond donors (Lipinski definition) is 2. The number of aliphatic carboxylic acids is 1. The molecule has 0 saturated carbocycles. The first-order chi connectivity index (χ1) is 12.2. The quantitative estimate of drug-likeness (QED) is 0.814. The Hall–Kier alpha value is -2.37. The predicted octanol–water partition coefficient (Wildman–Crippen LogP) is 2.23. The van der Waals surface area contributed by atoms with Gasteiger partial charge in [-0.1, -0.05) is 51.1 Å². The van der Waals surface area contributed by atoms with Crippen LogP contribution in [0, 0.1) is 5.41 Å². The minimum Gasteiger partial charge on any atom is -0.480 e. The highest BCUT2D eigenvalue weighted by Crippen LogP contribution is 2.25. The molecule has 1 saturated heterocycles. The van der Waals surface area contributed by atoms with Crippen LogP contribution in [0.5, 0.6) is 0 Å². The van der Waals surface area contributed by atoms with Gasteiger partial charge in [0, 0.05) is 19.4 Å². The van der Waals surface area contributed by atoms with Gasteiger partial charge in [-0.15, -0.1) is 0 Å². The zero-order valence-electron chi connectivity index (χ0n) is 15.7. The largest absolute Gasteiger partial charge is 0.480 e. The summed E-state index contributed by atoms with van der Waals surface area (Å²) in [5, 5.41) is 12.1. The molecule has 26 heavy (non-hydrogen) atoms. The lowest BCUT2D eigenvalue weighted by atomic mass is 9.91. The van der Waals surface area contributed by atoms with Crippen LogP contribution in [0.2, 0.25) is 0 Å². The van der Waals surface area contributed by atoms with Crippen LogP contribution >= 0.6 is 0 Å². The van der Waals surface area contributed by atoms with Crippen molar-refractivity contribution < 1.29 is 19.5 Å². The van der Waals surface area contributed by atoms with Crippen molar-refractivity contribution in [2.24, 2.45) is 5.41 Å². The summed E-state index contributed by atoms with van der Waals surface area (Å²) in [6, 6.07) is 7.59. The smallest absolute Gasteiger partial charge is 0.326 e. The van der Waals surface area contributed by atoms with Gasteiger partial charge in [0.25, 0.3) is 0 Å². The first-order valence-corrected chi connectivity index (χ1v) is 9.04. The number of carbonyl (C=O) groups excluding carboxylic acids is 2. The van der Waals surface area contributed by atoms with Crippen molar-refractivity contribution in [3.8, 4) is 0 Å². The molecule has 0 radical (unpaired) electrons. The molecule has 1 aromatic rings. The Morgan fingerprint density at radius 1 is 1.23 bits per heavy atom. The van der Waals surface area contributed by atoms with Gasteiger partial charge in [-0.25, -0.2) is 4.79 Å². The Kier molecular flexibility index (Phi) is 6.40. The van der Waals surface area contributed by atoms with Gasteiger partial charge in [0.2, 0.25) is 11.8 Å². The monoisotopic (exact) mass is 360 g/mol. The van der Waals surface area contributed by atoms with Crippen molar-refractivity contribution in [1.29, 1.82) is 0 Å². The second-order valence-corrected chi connectivity index (χ2v) is 8.07. The van der Waals surface area contributed by atoms with Crippen LogP contribution < -0.4 is 5.32 Å². The van der Waals surface area contributed by atoms with Gasteiger partial charge in [0.15, 0.2) is 0 Å². The highest BCUT2D eigenvalue weighted by molar-refractivity contribution is 5.91. The fourth-order valence-corrected chi connectivity index (χ4v) is 3.21. The van der Waals surface area contributed by atoms with Gasteiger partial charge >= 0.3 is 5.97 Å². The van der Waals surface area contributed by atoms with E-state index in [9.17, 15) is 19.5 Å². The summed E-state index contributed by atoms with van der Waals surface area (Å²) in [5.74, 6) is -1.51. The number of benzene rings is 1. The van der Waals surface area contributed by atoms with Gasteiger partial charge in [-0.2, -0.15) is 0 Å². The highest BCUT2D eigenvalue weighted by Gasteiger charge is 2.36. The Labute approximate surface area is 154 Å². The molecule has 2 N–H and O–H groups in total. The number of rotatable bonds is 6. The normalized spacial score (nSPS) is 18.4. The minimum absolute atomic E-state index is 0.0508. The molecule has 1 aliphatic heterocycles. The number of amides is 2. The molecule has 1 aliphatic rings. The maximum Gasteiger partial charge on any atom is 0.326 e. The van der Waals surface area contributed by atoms with Crippen molar-refractivity contribution in [2.45, 2.75) is 58.5 Å². The molecule has 2 unspecified atom stereocenters. The predicted molar refractivity (Wildman–Crippen MR) is 98.5 cm³/mol. The number of hydrogen-bond acceptors (Lipinski definition) is 3. The lowest BCUT2D eigenvalue weighted by molar-refractivity contribution is -0.144. The average Bonchev–Trinajstić information content (AvgIpc) is 3.03. The summed E-state index contributed by atoms with van der Waals surface area (Å²) >= 11 is 0. The van der Waals surface area contributed by atoms with Crippen molar-refractivity contribution in [1.82, 2.24) is 10.2 Å². The van der Waals surface area contributed by atoms with Crippen LogP contribution in [0.3, 0.4) is 0 Å². The lowest BCUT2D eigenvalue weighted by Crippen LogP contribution is -2.51. The van der Waals surface area contributed by atoms with Crippen molar-refractivity contribution in [2.75, 3.05) is 6.54 Å². The van der Waals surface area contributed by atoms with Crippen LogP contribution in [0.4, 0.5) is 0 Å². The number of carboxylic acid groups (broad SMARTS) is 1. The third-order valence-electron chi connectivity index (χ3n) is 4.45.